The molecule has 7 nitrogen and oxygen atoms in total. The van der Waals surface area contributed by atoms with E-state index >= 15 is 0 Å². The van der Waals surface area contributed by atoms with Gasteiger partial charge in [0, 0.05) is 12.8 Å². The van der Waals surface area contributed by atoms with Crippen molar-refractivity contribution in [3.05, 3.63) is 0 Å². The molecule has 0 bridgehead atoms. The number of nitrogens with zero attached hydrogens (tertiary/aromatic N) is 2. The molecule has 2 unspecified atom stereocenters. The van der Waals surface area contributed by atoms with Crippen LogP contribution in [0.2, 0.25) is 0 Å². The van der Waals surface area contributed by atoms with Gasteiger partial charge in [0.1, 0.15) is 0 Å². The number of hydrogen-bond acceptors (Lipinski definition) is 5. The van der Waals surface area contributed by atoms with E-state index in [2.05, 4.69) is 4.40 Å². The summed E-state index contributed by atoms with van der Waals surface area (Å²) >= 11 is 0. The van der Waals surface area contributed by atoms with Crippen LogP contribution in [0.4, 0.5) is 0 Å². The lowest BCUT2D eigenvalue weighted by molar-refractivity contribution is -0.187. The summed E-state index contributed by atoms with van der Waals surface area (Å²) in [6.45, 7) is 6.25. The zero-order valence-corrected chi connectivity index (χ0v) is 14.3. The molecule has 2 saturated heterocycles. The Morgan fingerprint density at radius 3 is 2.50 bits per heavy atom. The second kappa shape index (κ2) is 5.35. The van der Waals surface area contributed by atoms with Gasteiger partial charge in [-0.2, -0.15) is 0 Å². The number of fused-ring (bicyclic) bond motifs is 1. The van der Waals surface area contributed by atoms with Gasteiger partial charge in [0.05, 0.1) is 37.2 Å². The Kier molecular flexibility index (Phi) is 3.89. The first kappa shape index (κ1) is 16.0. The molecular weight excluding hydrogens is 308 g/mol. The second-order valence-electron chi connectivity index (χ2n) is 6.38. The second-order valence-corrected chi connectivity index (χ2v) is 8.03. The number of hydrogen-bond donors (Lipinski definition) is 0. The van der Waals surface area contributed by atoms with Crippen LogP contribution in [0.25, 0.3) is 0 Å². The van der Waals surface area contributed by atoms with E-state index in [4.69, 9.17) is 14.2 Å². The summed E-state index contributed by atoms with van der Waals surface area (Å²) in [4.78, 5) is 1.94. The Morgan fingerprint density at radius 1 is 1.32 bits per heavy atom. The normalized spacial score (nSPS) is 37.3. The Hall–Kier alpha value is -0.860. The SMILES string of the molecule is CCO/C(=N/S(C)(=O)=O)N1C2CCC3(CC21)O[C@H](C)[C@@H](C)O3. The molecule has 8 heteroatoms. The van der Waals surface area contributed by atoms with Crippen molar-refractivity contribution in [1.29, 1.82) is 0 Å². The van der Waals surface area contributed by atoms with Gasteiger partial charge >= 0.3 is 6.02 Å². The third-order valence-electron chi connectivity index (χ3n) is 4.61. The third kappa shape index (κ3) is 2.96. The van der Waals surface area contributed by atoms with Gasteiger partial charge in [0.2, 0.25) is 0 Å². The quantitative estimate of drug-likeness (QED) is 0.428. The molecule has 0 aromatic carbocycles. The third-order valence-corrected chi connectivity index (χ3v) is 5.10. The Labute approximate surface area is 131 Å². The van der Waals surface area contributed by atoms with Crippen LogP contribution in [0.3, 0.4) is 0 Å². The smallest absolute Gasteiger partial charge is 0.303 e. The fourth-order valence-electron chi connectivity index (χ4n) is 3.50. The van der Waals surface area contributed by atoms with E-state index in [1.165, 1.54) is 0 Å². The highest BCUT2D eigenvalue weighted by Gasteiger charge is 2.61. The number of rotatable bonds is 2. The van der Waals surface area contributed by atoms with Crippen molar-refractivity contribution < 1.29 is 22.6 Å². The summed E-state index contributed by atoms with van der Waals surface area (Å²) in [7, 11) is -3.48. The van der Waals surface area contributed by atoms with Crippen molar-refractivity contribution in [3.8, 4) is 0 Å². The largest absolute Gasteiger partial charge is 0.465 e. The van der Waals surface area contributed by atoms with Gasteiger partial charge in [-0.1, -0.05) is 0 Å². The lowest BCUT2D eigenvalue weighted by Crippen LogP contribution is -2.36. The zero-order valence-electron chi connectivity index (χ0n) is 13.5. The Balaban J connectivity index is 1.74. The van der Waals surface area contributed by atoms with E-state index < -0.39 is 15.8 Å². The van der Waals surface area contributed by atoms with E-state index in [9.17, 15) is 8.42 Å². The van der Waals surface area contributed by atoms with Crippen LogP contribution in [0.5, 0.6) is 0 Å². The number of sulfonamides is 1. The highest BCUT2D eigenvalue weighted by molar-refractivity contribution is 7.89. The zero-order chi connectivity index (χ0) is 16.1. The highest BCUT2D eigenvalue weighted by Crippen LogP contribution is 2.50. The van der Waals surface area contributed by atoms with Crippen LogP contribution in [-0.2, 0) is 24.2 Å². The van der Waals surface area contributed by atoms with Gasteiger partial charge in [-0.25, -0.2) is 8.42 Å². The van der Waals surface area contributed by atoms with Crippen LogP contribution in [0, 0.1) is 0 Å². The standard InChI is InChI=1S/C14H24N2O5S/c1-5-19-13(15-22(4,17)18)16-11-6-7-14(8-12(11)16)20-9(2)10(3)21-14/h9-12H,5-8H2,1-4H3/b15-13+/t9-,10-,11?,12?,16?/m1/s1. The topological polar surface area (TPSA) is 77.2 Å². The van der Waals surface area contributed by atoms with Crippen molar-refractivity contribution >= 4 is 16.0 Å². The van der Waals surface area contributed by atoms with Gasteiger partial charge < -0.3 is 19.1 Å². The van der Waals surface area contributed by atoms with Crippen molar-refractivity contribution in [1.82, 2.24) is 4.90 Å². The number of amidine groups is 1. The number of ether oxygens (including phenoxy) is 3. The molecule has 0 N–H and O–H groups in total. The average Bonchev–Trinajstić information content (AvgIpc) is 3.01. The molecule has 1 spiro atoms. The van der Waals surface area contributed by atoms with E-state index in [0.717, 1.165) is 25.5 Å². The van der Waals surface area contributed by atoms with Crippen LogP contribution in [0.15, 0.2) is 4.40 Å². The predicted octanol–water partition coefficient (Wildman–Crippen LogP) is 1.10. The first-order chi connectivity index (χ1) is 10.2. The Morgan fingerprint density at radius 2 is 1.95 bits per heavy atom. The molecule has 0 radical (unpaired) electrons. The van der Waals surface area contributed by atoms with Gasteiger partial charge in [-0.05, 0) is 27.2 Å². The van der Waals surface area contributed by atoms with Gasteiger partial charge in [-0.3, -0.25) is 0 Å². The molecule has 126 valence electrons. The van der Waals surface area contributed by atoms with E-state index in [1.54, 1.807) is 0 Å². The van der Waals surface area contributed by atoms with Crippen molar-refractivity contribution in [2.45, 2.75) is 70.1 Å². The van der Waals surface area contributed by atoms with Crippen molar-refractivity contribution in [2.75, 3.05) is 12.9 Å². The van der Waals surface area contributed by atoms with Crippen molar-refractivity contribution in [2.24, 2.45) is 4.40 Å². The minimum Gasteiger partial charge on any atom is -0.465 e. The summed E-state index contributed by atoms with van der Waals surface area (Å²) in [5, 5.41) is 0. The van der Waals surface area contributed by atoms with Gasteiger partial charge in [0.15, 0.2) is 5.79 Å². The maximum atomic E-state index is 11.4. The van der Waals surface area contributed by atoms with Gasteiger partial charge in [-0.15, -0.1) is 4.40 Å². The maximum absolute atomic E-state index is 11.4. The molecule has 0 aromatic heterocycles. The molecule has 1 saturated carbocycles. The molecule has 4 atom stereocenters. The summed E-state index contributed by atoms with van der Waals surface area (Å²) in [5.41, 5.74) is 0. The van der Waals surface area contributed by atoms with Gasteiger partial charge in [0.25, 0.3) is 10.0 Å². The molecule has 0 amide bonds. The van der Waals surface area contributed by atoms with Crippen LogP contribution in [-0.4, -0.2) is 62.3 Å². The van der Waals surface area contributed by atoms with Crippen molar-refractivity contribution in [3.63, 3.8) is 0 Å². The molecule has 3 aliphatic rings. The maximum Gasteiger partial charge on any atom is 0.303 e. The Bertz CT molecular complexity index is 566. The molecule has 1 aliphatic carbocycles. The fraction of sp³-hybridized carbons (Fsp3) is 0.929. The lowest BCUT2D eigenvalue weighted by Gasteiger charge is -2.30. The summed E-state index contributed by atoms with van der Waals surface area (Å²) in [6, 6.07) is 0.658. The molecule has 3 rings (SSSR count). The van der Waals surface area contributed by atoms with Crippen LogP contribution < -0.4 is 0 Å². The first-order valence-corrected chi connectivity index (χ1v) is 9.66. The summed E-state index contributed by atoms with van der Waals surface area (Å²) in [6.07, 6.45) is 3.67. The summed E-state index contributed by atoms with van der Waals surface area (Å²) < 4.78 is 44.2. The van der Waals surface area contributed by atoms with Crippen LogP contribution in [0.1, 0.15) is 40.0 Å². The highest BCUT2D eigenvalue weighted by atomic mass is 32.2. The van der Waals surface area contributed by atoms with E-state index in [1.807, 2.05) is 25.7 Å². The summed E-state index contributed by atoms with van der Waals surface area (Å²) in [5.74, 6) is -0.531. The number of likely N-dealkylation sites (tertiary alicyclic amines) is 1. The lowest BCUT2D eigenvalue weighted by atomic mass is 9.94. The average molecular weight is 332 g/mol. The molecule has 2 heterocycles. The van der Waals surface area contributed by atoms with Crippen LogP contribution >= 0.6 is 0 Å². The van der Waals surface area contributed by atoms with E-state index in [-0.39, 0.29) is 30.3 Å². The molecule has 2 aliphatic heterocycles. The first-order valence-electron chi connectivity index (χ1n) is 7.81. The fourth-order valence-corrected chi connectivity index (χ4v) is 3.93. The molecule has 0 aromatic rings. The minimum absolute atomic E-state index is 0.0831. The molecule has 3 fully saturated rings. The minimum atomic E-state index is -3.48. The predicted molar refractivity (Wildman–Crippen MR) is 81.0 cm³/mol. The molecule has 22 heavy (non-hydrogen) atoms. The monoisotopic (exact) mass is 332 g/mol. The van der Waals surface area contributed by atoms with E-state index in [0.29, 0.717) is 6.61 Å². The molecular formula is C14H24N2O5S.